The fourth-order valence-electron chi connectivity index (χ4n) is 2.46. The van der Waals surface area contributed by atoms with Gasteiger partial charge in [0, 0.05) is 22.7 Å². The number of aromatic nitrogens is 3. The lowest BCUT2D eigenvalue weighted by Crippen LogP contribution is -2.15. The highest BCUT2D eigenvalue weighted by atomic mass is 35.5. The van der Waals surface area contributed by atoms with Crippen molar-refractivity contribution in [1.29, 1.82) is 0 Å². The molecular weight excluding hydrogens is 412 g/mol. The number of carbonyl (C=O) groups is 1. The molecule has 0 radical (unpaired) electrons. The molecule has 3 aromatic rings. The van der Waals surface area contributed by atoms with Gasteiger partial charge < -0.3 is 9.88 Å². The monoisotopic (exact) mass is 432 g/mol. The van der Waals surface area contributed by atoms with Gasteiger partial charge in [0.25, 0.3) is 0 Å². The van der Waals surface area contributed by atoms with E-state index < -0.39 is 0 Å². The molecule has 0 atom stereocenters. The Morgan fingerprint density at radius 1 is 1.11 bits per heavy atom. The van der Waals surface area contributed by atoms with Gasteiger partial charge in [0.1, 0.15) is 5.82 Å². The minimum absolute atomic E-state index is 0.0889. The van der Waals surface area contributed by atoms with Crippen LogP contribution >= 0.6 is 35.1 Å². The highest BCUT2D eigenvalue weighted by molar-refractivity contribution is 7.99. The van der Waals surface area contributed by atoms with Crippen LogP contribution in [0.25, 0.3) is 0 Å². The summed E-state index contributed by atoms with van der Waals surface area (Å²) in [6.07, 6.45) is 0. The average Bonchev–Trinajstić information content (AvgIpc) is 3.02. The van der Waals surface area contributed by atoms with Gasteiger partial charge >= 0.3 is 0 Å². The lowest BCUT2D eigenvalue weighted by Gasteiger charge is -2.08. The molecule has 8 heteroatoms. The van der Waals surface area contributed by atoms with E-state index in [1.165, 1.54) is 22.2 Å². The number of aryl methyl sites for hydroxylation is 2. The molecule has 0 saturated carbocycles. The Morgan fingerprint density at radius 3 is 2.57 bits per heavy atom. The van der Waals surface area contributed by atoms with E-state index in [9.17, 15) is 4.79 Å². The smallest absolute Gasteiger partial charge is 0.234 e. The Morgan fingerprint density at radius 2 is 1.86 bits per heavy atom. The molecule has 0 aliphatic carbocycles. The Labute approximate surface area is 178 Å². The van der Waals surface area contributed by atoms with E-state index in [-0.39, 0.29) is 11.7 Å². The number of hydrogen-bond donors (Lipinski definition) is 1. The standard InChI is InChI=1S/C20H21ClN4OS2/c1-13-4-7-16(8-5-13)27-11-18-23-24-20(25(18)3)28-12-19(26)22-17-9-6-15(21)10-14(17)2/h4-10H,11-12H2,1-3H3,(H,22,26). The summed E-state index contributed by atoms with van der Waals surface area (Å²) in [6.45, 7) is 3.99. The number of benzene rings is 2. The number of thioether (sulfide) groups is 2. The van der Waals surface area contributed by atoms with Crippen molar-refractivity contribution in [3.8, 4) is 0 Å². The van der Waals surface area contributed by atoms with Crippen LogP contribution in [-0.2, 0) is 17.6 Å². The van der Waals surface area contributed by atoms with Crippen LogP contribution in [0.3, 0.4) is 0 Å². The highest BCUT2D eigenvalue weighted by Crippen LogP contribution is 2.25. The van der Waals surface area contributed by atoms with Gasteiger partial charge in [-0.3, -0.25) is 4.79 Å². The van der Waals surface area contributed by atoms with Crippen molar-refractivity contribution in [2.45, 2.75) is 29.7 Å². The summed E-state index contributed by atoms with van der Waals surface area (Å²) < 4.78 is 1.94. The third-order valence-corrected chi connectivity index (χ3v) is 6.37. The predicted octanol–water partition coefficient (Wildman–Crippen LogP) is 5.11. The molecule has 0 unspecified atom stereocenters. The van der Waals surface area contributed by atoms with Crippen molar-refractivity contribution >= 4 is 46.7 Å². The van der Waals surface area contributed by atoms with Gasteiger partial charge in [-0.25, -0.2) is 0 Å². The van der Waals surface area contributed by atoms with Crippen LogP contribution in [0.1, 0.15) is 17.0 Å². The summed E-state index contributed by atoms with van der Waals surface area (Å²) >= 11 is 9.04. The molecule has 5 nitrogen and oxygen atoms in total. The molecule has 0 bridgehead atoms. The quantitative estimate of drug-likeness (QED) is 0.526. The van der Waals surface area contributed by atoms with Crippen molar-refractivity contribution in [3.05, 3.63) is 64.4 Å². The fourth-order valence-corrected chi connectivity index (χ4v) is 4.29. The van der Waals surface area contributed by atoms with E-state index in [1.54, 1.807) is 17.8 Å². The van der Waals surface area contributed by atoms with Gasteiger partial charge in [-0.1, -0.05) is 41.1 Å². The zero-order chi connectivity index (χ0) is 20.1. The summed E-state index contributed by atoms with van der Waals surface area (Å²) in [5.41, 5.74) is 2.94. The third-order valence-electron chi connectivity index (χ3n) is 4.11. The van der Waals surface area contributed by atoms with Crippen LogP contribution in [0.5, 0.6) is 0 Å². The van der Waals surface area contributed by atoms with E-state index in [1.807, 2.05) is 30.7 Å². The van der Waals surface area contributed by atoms with Gasteiger partial charge in [-0.15, -0.1) is 22.0 Å². The second-order valence-electron chi connectivity index (χ2n) is 6.36. The topological polar surface area (TPSA) is 59.8 Å². The number of carbonyl (C=O) groups excluding carboxylic acids is 1. The number of halogens is 1. The lowest BCUT2D eigenvalue weighted by atomic mass is 10.2. The van der Waals surface area contributed by atoms with Crippen molar-refractivity contribution in [2.24, 2.45) is 7.05 Å². The Balaban J connectivity index is 1.53. The van der Waals surface area contributed by atoms with E-state index in [4.69, 9.17) is 11.6 Å². The molecular formula is C20H21ClN4OS2. The first-order valence-corrected chi connectivity index (χ1v) is 11.0. The van der Waals surface area contributed by atoms with Crippen LogP contribution in [0.15, 0.2) is 52.5 Å². The van der Waals surface area contributed by atoms with Crippen molar-refractivity contribution < 1.29 is 4.79 Å². The molecule has 0 aliphatic heterocycles. The Hall–Kier alpha value is -1.96. The summed E-state index contributed by atoms with van der Waals surface area (Å²) in [5.74, 6) is 1.78. The minimum Gasteiger partial charge on any atom is -0.325 e. The zero-order valence-corrected chi connectivity index (χ0v) is 18.3. The fraction of sp³-hybridized carbons (Fsp3) is 0.250. The molecule has 1 N–H and O–H groups in total. The van der Waals surface area contributed by atoms with Gasteiger partial charge in [0.2, 0.25) is 5.91 Å². The van der Waals surface area contributed by atoms with Crippen LogP contribution in [-0.4, -0.2) is 26.4 Å². The number of nitrogens with one attached hydrogen (secondary N) is 1. The SMILES string of the molecule is Cc1ccc(SCc2nnc(SCC(=O)Nc3ccc(Cl)cc3C)n2C)cc1. The molecule has 1 amide bonds. The number of hydrogen-bond acceptors (Lipinski definition) is 5. The molecule has 0 spiro atoms. The maximum atomic E-state index is 12.3. The molecule has 0 aliphatic rings. The summed E-state index contributed by atoms with van der Waals surface area (Å²) in [7, 11) is 1.93. The predicted molar refractivity (Wildman–Crippen MR) is 117 cm³/mol. The van der Waals surface area contributed by atoms with Gasteiger partial charge in [-0.05, 0) is 49.7 Å². The molecule has 3 rings (SSSR count). The number of anilines is 1. The van der Waals surface area contributed by atoms with Gasteiger partial charge in [-0.2, -0.15) is 0 Å². The van der Waals surface area contributed by atoms with Crippen LogP contribution in [0, 0.1) is 13.8 Å². The van der Waals surface area contributed by atoms with E-state index in [2.05, 4.69) is 46.7 Å². The Kier molecular flexibility index (Phi) is 7.04. The molecule has 1 aromatic heterocycles. The largest absolute Gasteiger partial charge is 0.325 e. The summed E-state index contributed by atoms with van der Waals surface area (Å²) in [4.78, 5) is 13.4. The van der Waals surface area contributed by atoms with E-state index in [0.29, 0.717) is 5.02 Å². The summed E-state index contributed by atoms with van der Waals surface area (Å²) in [6, 6.07) is 13.8. The van der Waals surface area contributed by atoms with Crippen molar-refractivity contribution in [2.75, 3.05) is 11.1 Å². The second-order valence-corrected chi connectivity index (χ2v) is 8.78. The van der Waals surface area contributed by atoms with Gasteiger partial charge in [0.15, 0.2) is 5.16 Å². The maximum Gasteiger partial charge on any atom is 0.234 e. The highest BCUT2D eigenvalue weighted by Gasteiger charge is 2.12. The molecule has 0 saturated heterocycles. The second kappa shape index (κ2) is 9.49. The van der Waals surface area contributed by atoms with Gasteiger partial charge in [0.05, 0.1) is 11.5 Å². The molecule has 0 fully saturated rings. The lowest BCUT2D eigenvalue weighted by molar-refractivity contribution is -0.113. The molecule has 28 heavy (non-hydrogen) atoms. The van der Waals surface area contributed by atoms with Crippen LogP contribution in [0.2, 0.25) is 5.02 Å². The maximum absolute atomic E-state index is 12.3. The number of rotatable bonds is 7. The normalized spacial score (nSPS) is 10.9. The average molecular weight is 433 g/mol. The first kappa shape index (κ1) is 20.8. The molecule has 146 valence electrons. The van der Waals surface area contributed by atoms with E-state index >= 15 is 0 Å². The van der Waals surface area contributed by atoms with Crippen LogP contribution in [0.4, 0.5) is 5.69 Å². The first-order chi connectivity index (χ1) is 13.4. The number of amides is 1. The Bertz CT molecular complexity index is 973. The minimum atomic E-state index is -0.0889. The van der Waals surface area contributed by atoms with Crippen molar-refractivity contribution in [1.82, 2.24) is 14.8 Å². The van der Waals surface area contributed by atoms with E-state index in [0.717, 1.165) is 28.0 Å². The zero-order valence-electron chi connectivity index (χ0n) is 15.9. The van der Waals surface area contributed by atoms with Crippen molar-refractivity contribution in [3.63, 3.8) is 0 Å². The summed E-state index contributed by atoms with van der Waals surface area (Å²) in [5, 5.41) is 12.8. The third kappa shape index (κ3) is 5.53. The molecule has 1 heterocycles. The molecule has 2 aromatic carbocycles. The number of nitrogens with zero attached hydrogens (tertiary/aromatic N) is 3. The first-order valence-electron chi connectivity index (χ1n) is 8.69. The van der Waals surface area contributed by atoms with Crippen LogP contribution < -0.4 is 5.32 Å².